The van der Waals surface area contributed by atoms with Crippen molar-refractivity contribution in [3.63, 3.8) is 0 Å². The summed E-state index contributed by atoms with van der Waals surface area (Å²) in [6, 6.07) is 2.24. The van der Waals surface area contributed by atoms with Gasteiger partial charge in [-0.15, -0.1) is 0 Å². The molecular weight excluding hydrogens is 234 g/mol. The summed E-state index contributed by atoms with van der Waals surface area (Å²) in [5.41, 5.74) is -0.183. The van der Waals surface area contributed by atoms with Gasteiger partial charge < -0.3 is 14.8 Å². The first-order valence-electron chi connectivity index (χ1n) is 6.23. The minimum absolute atomic E-state index is 0.0750. The summed E-state index contributed by atoms with van der Waals surface area (Å²) >= 11 is 0. The molecule has 5 heteroatoms. The molecule has 2 atom stereocenters. The van der Waals surface area contributed by atoms with Crippen molar-refractivity contribution in [2.24, 2.45) is 0 Å². The summed E-state index contributed by atoms with van der Waals surface area (Å²) in [5, 5.41) is 19.0. The monoisotopic (exact) mass is 251 g/mol. The molecule has 1 aromatic heterocycles. The standard InChI is InChI=1S/C13H17NO4/c15-11-5-3-1-2-4-10(11)14-8-9(13(17)18)6-7-12(14)16/h6-8,10-11,15H,1-5H2,(H,17,18). The maximum Gasteiger partial charge on any atom is 0.337 e. The maximum atomic E-state index is 11.8. The van der Waals surface area contributed by atoms with E-state index in [9.17, 15) is 14.7 Å². The quantitative estimate of drug-likeness (QED) is 0.779. The predicted molar refractivity (Wildman–Crippen MR) is 65.8 cm³/mol. The van der Waals surface area contributed by atoms with Gasteiger partial charge in [0.1, 0.15) is 0 Å². The molecule has 0 spiro atoms. The van der Waals surface area contributed by atoms with Crippen LogP contribution in [0.15, 0.2) is 23.1 Å². The third-order valence-corrected chi connectivity index (χ3v) is 3.49. The van der Waals surface area contributed by atoms with Gasteiger partial charge in [-0.3, -0.25) is 4.79 Å². The summed E-state index contributed by atoms with van der Waals surface area (Å²) in [4.78, 5) is 22.7. The number of aliphatic hydroxyl groups excluding tert-OH is 1. The topological polar surface area (TPSA) is 79.5 Å². The van der Waals surface area contributed by atoms with Crippen LogP contribution in [0.2, 0.25) is 0 Å². The Hall–Kier alpha value is -1.62. The zero-order chi connectivity index (χ0) is 13.1. The minimum atomic E-state index is -1.06. The lowest BCUT2D eigenvalue weighted by Crippen LogP contribution is -2.31. The SMILES string of the molecule is O=C(O)c1ccc(=O)n(C2CCCCCC2O)c1. The van der Waals surface area contributed by atoms with E-state index < -0.39 is 12.1 Å². The first-order chi connectivity index (χ1) is 8.59. The lowest BCUT2D eigenvalue weighted by molar-refractivity contribution is 0.0692. The van der Waals surface area contributed by atoms with E-state index in [2.05, 4.69) is 0 Å². The van der Waals surface area contributed by atoms with Crippen LogP contribution in [-0.2, 0) is 0 Å². The molecule has 1 heterocycles. The summed E-state index contributed by atoms with van der Waals surface area (Å²) in [7, 11) is 0. The first-order valence-corrected chi connectivity index (χ1v) is 6.23. The normalized spacial score (nSPS) is 24.5. The number of aromatic nitrogens is 1. The lowest BCUT2D eigenvalue weighted by atomic mass is 10.1. The molecule has 1 aliphatic carbocycles. The summed E-state index contributed by atoms with van der Waals surface area (Å²) in [6.45, 7) is 0. The van der Waals surface area contributed by atoms with E-state index in [1.165, 1.54) is 22.9 Å². The van der Waals surface area contributed by atoms with E-state index in [1.807, 2.05) is 0 Å². The van der Waals surface area contributed by atoms with Crippen LogP contribution < -0.4 is 5.56 Å². The Morgan fingerprint density at radius 1 is 1.22 bits per heavy atom. The molecule has 0 bridgehead atoms. The molecule has 0 radical (unpaired) electrons. The highest BCUT2D eigenvalue weighted by Gasteiger charge is 2.24. The highest BCUT2D eigenvalue weighted by molar-refractivity contribution is 5.87. The first kappa shape index (κ1) is 12.8. The average Bonchev–Trinajstić information content (AvgIpc) is 2.54. The van der Waals surface area contributed by atoms with Crippen molar-refractivity contribution in [1.29, 1.82) is 0 Å². The Balaban J connectivity index is 2.38. The van der Waals surface area contributed by atoms with Crippen LogP contribution >= 0.6 is 0 Å². The van der Waals surface area contributed by atoms with Crippen molar-refractivity contribution in [3.8, 4) is 0 Å². The van der Waals surface area contributed by atoms with E-state index >= 15 is 0 Å². The molecule has 0 saturated heterocycles. The van der Waals surface area contributed by atoms with Gasteiger partial charge in [-0.05, 0) is 18.9 Å². The van der Waals surface area contributed by atoms with Crippen LogP contribution in [-0.4, -0.2) is 26.9 Å². The van der Waals surface area contributed by atoms with Gasteiger partial charge in [0.15, 0.2) is 0 Å². The number of carboxylic acid groups (broad SMARTS) is 1. The second-order valence-electron chi connectivity index (χ2n) is 4.74. The van der Waals surface area contributed by atoms with Gasteiger partial charge in [-0.1, -0.05) is 19.3 Å². The van der Waals surface area contributed by atoms with Crippen molar-refractivity contribution in [3.05, 3.63) is 34.2 Å². The number of rotatable bonds is 2. The van der Waals surface area contributed by atoms with E-state index in [0.29, 0.717) is 12.8 Å². The van der Waals surface area contributed by atoms with Gasteiger partial charge in [-0.2, -0.15) is 0 Å². The molecule has 1 fully saturated rings. The highest BCUT2D eigenvalue weighted by Crippen LogP contribution is 2.26. The Morgan fingerprint density at radius 3 is 2.67 bits per heavy atom. The molecule has 0 aromatic carbocycles. The molecule has 0 amide bonds. The van der Waals surface area contributed by atoms with Gasteiger partial charge in [-0.25, -0.2) is 4.79 Å². The van der Waals surface area contributed by atoms with Crippen LogP contribution in [0.1, 0.15) is 48.5 Å². The molecular formula is C13H17NO4. The van der Waals surface area contributed by atoms with Crippen molar-refractivity contribution in [1.82, 2.24) is 4.57 Å². The van der Waals surface area contributed by atoms with E-state index in [-0.39, 0.29) is 17.2 Å². The molecule has 98 valence electrons. The van der Waals surface area contributed by atoms with Crippen LogP contribution in [0.25, 0.3) is 0 Å². The number of nitrogens with zero attached hydrogens (tertiary/aromatic N) is 1. The third-order valence-electron chi connectivity index (χ3n) is 3.49. The van der Waals surface area contributed by atoms with Crippen molar-refractivity contribution < 1.29 is 15.0 Å². The number of hydrogen-bond donors (Lipinski definition) is 2. The molecule has 1 aromatic rings. The lowest BCUT2D eigenvalue weighted by Gasteiger charge is -2.23. The fourth-order valence-corrected chi connectivity index (χ4v) is 2.48. The Labute approximate surface area is 105 Å². The second-order valence-corrected chi connectivity index (χ2v) is 4.74. The van der Waals surface area contributed by atoms with E-state index in [4.69, 9.17) is 5.11 Å². The summed E-state index contributed by atoms with van der Waals surface area (Å²) < 4.78 is 1.37. The largest absolute Gasteiger partial charge is 0.478 e. The van der Waals surface area contributed by atoms with Gasteiger partial charge in [0.05, 0.1) is 17.7 Å². The minimum Gasteiger partial charge on any atom is -0.478 e. The highest BCUT2D eigenvalue weighted by atomic mass is 16.4. The van der Waals surface area contributed by atoms with Gasteiger partial charge in [0.2, 0.25) is 0 Å². The van der Waals surface area contributed by atoms with Crippen LogP contribution in [0, 0.1) is 0 Å². The third kappa shape index (κ3) is 2.61. The molecule has 0 aliphatic heterocycles. The van der Waals surface area contributed by atoms with E-state index in [0.717, 1.165) is 19.3 Å². The average molecular weight is 251 g/mol. The van der Waals surface area contributed by atoms with Crippen LogP contribution in [0.5, 0.6) is 0 Å². The molecule has 1 saturated carbocycles. The van der Waals surface area contributed by atoms with Crippen molar-refractivity contribution in [2.45, 2.75) is 44.2 Å². The fraction of sp³-hybridized carbons (Fsp3) is 0.538. The second kappa shape index (κ2) is 5.35. The Bertz CT molecular complexity index is 494. The zero-order valence-corrected chi connectivity index (χ0v) is 10.1. The maximum absolute atomic E-state index is 11.8. The number of aromatic carboxylic acids is 1. The number of pyridine rings is 1. The van der Waals surface area contributed by atoms with Crippen LogP contribution in [0.4, 0.5) is 0 Å². The van der Waals surface area contributed by atoms with Gasteiger partial charge in [0, 0.05) is 12.3 Å². The molecule has 5 nitrogen and oxygen atoms in total. The number of hydrogen-bond acceptors (Lipinski definition) is 3. The van der Waals surface area contributed by atoms with Gasteiger partial charge in [0.25, 0.3) is 5.56 Å². The summed E-state index contributed by atoms with van der Waals surface area (Å²) in [5.74, 6) is -1.06. The zero-order valence-electron chi connectivity index (χ0n) is 10.1. The molecule has 18 heavy (non-hydrogen) atoms. The van der Waals surface area contributed by atoms with Crippen LogP contribution in [0.3, 0.4) is 0 Å². The molecule has 2 rings (SSSR count). The van der Waals surface area contributed by atoms with Gasteiger partial charge >= 0.3 is 5.97 Å². The number of carboxylic acids is 1. The number of aliphatic hydroxyl groups is 1. The predicted octanol–water partition coefficient (Wildman–Crippen LogP) is 1.41. The smallest absolute Gasteiger partial charge is 0.337 e. The number of carbonyl (C=O) groups is 1. The Morgan fingerprint density at radius 2 is 1.94 bits per heavy atom. The Kier molecular flexibility index (Phi) is 3.81. The summed E-state index contributed by atoms with van der Waals surface area (Å²) in [6.07, 6.45) is 5.08. The molecule has 1 aliphatic rings. The molecule has 2 N–H and O–H groups in total. The fourth-order valence-electron chi connectivity index (χ4n) is 2.48. The van der Waals surface area contributed by atoms with E-state index in [1.54, 1.807) is 0 Å². The van der Waals surface area contributed by atoms with Crippen molar-refractivity contribution in [2.75, 3.05) is 0 Å². The van der Waals surface area contributed by atoms with Crippen molar-refractivity contribution >= 4 is 5.97 Å². The molecule has 2 unspecified atom stereocenters.